The van der Waals surface area contributed by atoms with Crippen LogP contribution in [0, 0.1) is 5.82 Å². The first-order valence-corrected chi connectivity index (χ1v) is 10.5. The summed E-state index contributed by atoms with van der Waals surface area (Å²) in [5.74, 6) is -0.998. The average molecular weight is 426 g/mol. The molecule has 3 aromatic rings. The third-order valence-electron chi connectivity index (χ3n) is 5.27. The van der Waals surface area contributed by atoms with Crippen LogP contribution in [0.15, 0.2) is 65.9 Å². The summed E-state index contributed by atoms with van der Waals surface area (Å²) in [6.07, 6.45) is 0. The van der Waals surface area contributed by atoms with Gasteiger partial charge in [-0.25, -0.2) is 14.1 Å². The zero-order valence-electron chi connectivity index (χ0n) is 16.9. The Bertz CT molecular complexity index is 1140. The predicted octanol–water partition coefficient (Wildman–Crippen LogP) is 4.42. The summed E-state index contributed by atoms with van der Waals surface area (Å²) in [5, 5.41) is 11.9. The lowest BCUT2D eigenvalue weighted by Crippen LogP contribution is -2.50. The maximum absolute atomic E-state index is 14.9. The molecule has 30 heavy (non-hydrogen) atoms. The molecule has 0 bridgehead atoms. The number of carbonyl (C=O) groups excluding carboxylic acids is 1. The molecule has 0 radical (unpaired) electrons. The summed E-state index contributed by atoms with van der Waals surface area (Å²) in [5.41, 5.74) is 2.10. The van der Waals surface area contributed by atoms with Crippen molar-refractivity contribution in [1.82, 2.24) is 0 Å². The van der Waals surface area contributed by atoms with Crippen molar-refractivity contribution in [2.45, 2.75) is 19.9 Å². The van der Waals surface area contributed by atoms with E-state index in [1.807, 2.05) is 49.2 Å². The molecule has 0 amide bonds. The number of anilines is 1. The summed E-state index contributed by atoms with van der Waals surface area (Å²) in [6, 6.07) is 15.0. The van der Waals surface area contributed by atoms with Crippen LogP contribution < -0.4 is 9.47 Å². The zero-order valence-corrected chi connectivity index (χ0v) is 17.7. The largest absolute Gasteiger partial charge is 0.477 e. The van der Waals surface area contributed by atoms with Crippen LogP contribution in [0.1, 0.15) is 25.5 Å². The van der Waals surface area contributed by atoms with E-state index in [9.17, 15) is 14.3 Å². The van der Waals surface area contributed by atoms with Gasteiger partial charge in [0.15, 0.2) is 6.04 Å². The molecule has 0 aliphatic carbocycles. The molecule has 154 valence electrons. The van der Waals surface area contributed by atoms with E-state index in [1.54, 1.807) is 29.7 Å². The summed E-state index contributed by atoms with van der Waals surface area (Å²) < 4.78 is 21.8. The van der Waals surface area contributed by atoms with Crippen molar-refractivity contribution in [1.29, 1.82) is 0 Å². The van der Waals surface area contributed by atoms with Crippen LogP contribution in [0.4, 0.5) is 9.52 Å². The molecule has 5 nitrogen and oxygen atoms in total. The van der Waals surface area contributed by atoms with E-state index < -0.39 is 17.8 Å². The first-order chi connectivity index (χ1) is 14.5. The van der Waals surface area contributed by atoms with Gasteiger partial charge in [-0.05, 0) is 36.8 Å². The molecule has 2 heterocycles. The van der Waals surface area contributed by atoms with E-state index in [1.165, 1.54) is 17.4 Å². The van der Waals surface area contributed by atoms with Crippen molar-refractivity contribution in [2.24, 2.45) is 0 Å². The quantitative estimate of drug-likeness (QED) is 0.497. The third kappa shape index (κ3) is 3.15. The van der Waals surface area contributed by atoms with Gasteiger partial charge in [0.25, 0.3) is 0 Å². The van der Waals surface area contributed by atoms with Crippen LogP contribution in [-0.2, 0) is 9.53 Å². The van der Waals surface area contributed by atoms with E-state index >= 15 is 0 Å². The Hall–Kier alpha value is -3.19. The van der Waals surface area contributed by atoms with E-state index in [-0.39, 0.29) is 12.5 Å². The maximum Gasteiger partial charge on any atom is 0.345 e. The Balaban J connectivity index is 2.00. The highest BCUT2D eigenvalue weighted by Gasteiger charge is 2.46. The third-order valence-corrected chi connectivity index (χ3v) is 6.55. The molecule has 1 aromatic heterocycles. The van der Waals surface area contributed by atoms with Gasteiger partial charge in [0.2, 0.25) is 0 Å². The van der Waals surface area contributed by atoms with Crippen molar-refractivity contribution in [3.05, 3.63) is 77.2 Å². The Morgan fingerprint density at radius 1 is 1.20 bits per heavy atom. The minimum Gasteiger partial charge on any atom is -0.477 e. The maximum atomic E-state index is 14.9. The molecular weight excluding hydrogens is 403 g/mol. The number of allylic oxidation sites excluding steroid dienone is 1. The summed E-state index contributed by atoms with van der Waals surface area (Å²) in [4.78, 5) is 15.4. The fourth-order valence-electron chi connectivity index (χ4n) is 3.74. The van der Waals surface area contributed by atoms with Crippen LogP contribution in [-0.4, -0.2) is 24.7 Å². The summed E-state index contributed by atoms with van der Waals surface area (Å²) >= 11 is 1.39. The van der Waals surface area contributed by atoms with Gasteiger partial charge in [-0.1, -0.05) is 48.5 Å². The number of rotatable bonds is 4. The Morgan fingerprint density at radius 3 is 2.53 bits per heavy atom. The van der Waals surface area contributed by atoms with E-state index in [0.29, 0.717) is 26.8 Å². The molecular formula is C23H22FN2O3S+. The lowest BCUT2D eigenvalue weighted by Gasteiger charge is -2.27. The first kappa shape index (κ1) is 20.1. The lowest BCUT2D eigenvalue weighted by atomic mass is 9.94. The fourth-order valence-corrected chi connectivity index (χ4v) is 4.93. The number of aromatic hydroxyl groups is 1. The van der Waals surface area contributed by atoms with Gasteiger partial charge in [0.1, 0.15) is 22.0 Å². The normalized spacial score (nSPS) is 15.9. The van der Waals surface area contributed by atoms with Crippen molar-refractivity contribution in [3.8, 4) is 16.3 Å². The minimum absolute atomic E-state index is 0.0180. The van der Waals surface area contributed by atoms with Gasteiger partial charge in [0.05, 0.1) is 13.7 Å². The van der Waals surface area contributed by atoms with E-state index in [0.717, 1.165) is 5.56 Å². The monoisotopic (exact) mass is 425 g/mol. The Kier molecular flexibility index (Phi) is 5.30. The second kappa shape index (κ2) is 7.91. The SMILES string of the molecule is CCOC(=O)C1=C(C)N(C)c2sc(-c3ccccc3)c(O)[n+]2C1c1ccccc1F. The van der Waals surface area contributed by atoms with Crippen molar-refractivity contribution in [2.75, 3.05) is 18.6 Å². The number of aromatic nitrogens is 1. The standard InChI is InChI=1S/C23H21FN2O3S/c1-4-29-22(28)18-14(2)25(3)23-26(19(18)16-12-8-9-13-17(16)24)21(27)20(30-23)15-10-6-5-7-11-15/h5-13,19H,4H2,1-3H3/p+1. The Morgan fingerprint density at radius 2 is 1.87 bits per heavy atom. The summed E-state index contributed by atoms with van der Waals surface area (Å²) in [7, 11) is 1.82. The van der Waals surface area contributed by atoms with Gasteiger partial charge in [0, 0.05) is 5.56 Å². The highest BCUT2D eigenvalue weighted by Crippen LogP contribution is 2.45. The molecule has 1 N–H and O–H groups in total. The number of hydrogen-bond donors (Lipinski definition) is 1. The molecule has 0 saturated heterocycles. The van der Waals surface area contributed by atoms with Crippen molar-refractivity contribution in [3.63, 3.8) is 0 Å². The number of nitrogens with zero attached hydrogens (tertiary/aromatic N) is 2. The number of benzene rings is 2. The summed E-state index contributed by atoms with van der Waals surface area (Å²) in [6.45, 7) is 3.74. The average Bonchev–Trinajstić information content (AvgIpc) is 3.09. The lowest BCUT2D eigenvalue weighted by molar-refractivity contribution is -0.695. The van der Waals surface area contributed by atoms with Gasteiger partial charge in [-0.15, -0.1) is 0 Å². The molecule has 4 rings (SSSR count). The molecule has 2 aromatic carbocycles. The fraction of sp³-hybridized carbons (Fsp3) is 0.217. The zero-order chi connectivity index (χ0) is 21.4. The van der Waals surface area contributed by atoms with Crippen molar-refractivity contribution >= 4 is 22.4 Å². The number of hydrogen-bond acceptors (Lipinski definition) is 5. The highest BCUT2D eigenvalue weighted by molar-refractivity contribution is 7.18. The molecule has 1 aliphatic heterocycles. The van der Waals surface area contributed by atoms with Crippen LogP contribution >= 0.6 is 11.3 Å². The molecule has 0 fully saturated rings. The van der Waals surface area contributed by atoms with Gasteiger partial charge >= 0.3 is 17.0 Å². The first-order valence-electron chi connectivity index (χ1n) is 9.64. The molecule has 0 saturated carbocycles. The van der Waals surface area contributed by atoms with Crippen LogP contribution in [0.5, 0.6) is 5.88 Å². The van der Waals surface area contributed by atoms with E-state index in [4.69, 9.17) is 4.74 Å². The second-order valence-electron chi connectivity index (χ2n) is 6.98. The molecule has 1 unspecified atom stereocenters. The number of fused-ring (bicyclic) bond motifs is 1. The van der Waals surface area contributed by atoms with Crippen LogP contribution in [0.3, 0.4) is 0 Å². The van der Waals surface area contributed by atoms with E-state index in [2.05, 4.69) is 0 Å². The Labute approximate surface area is 178 Å². The topological polar surface area (TPSA) is 53.6 Å². The minimum atomic E-state index is -0.842. The van der Waals surface area contributed by atoms with Gasteiger partial charge < -0.3 is 9.84 Å². The number of ether oxygens (including phenoxy) is 1. The predicted molar refractivity (Wildman–Crippen MR) is 114 cm³/mol. The van der Waals surface area contributed by atoms with Crippen LogP contribution in [0.2, 0.25) is 0 Å². The second-order valence-corrected chi connectivity index (χ2v) is 7.95. The van der Waals surface area contributed by atoms with Crippen LogP contribution in [0.25, 0.3) is 10.4 Å². The number of esters is 1. The molecule has 1 atom stereocenters. The smallest absolute Gasteiger partial charge is 0.345 e. The van der Waals surface area contributed by atoms with Gasteiger partial charge in [-0.2, -0.15) is 4.57 Å². The molecule has 1 aliphatic rings. The van der Waals surface area contributed by atoms with Crippen molar-refractivity contribution < 1.29 is 23.6 Å². The highest BCUT2D eigenvalue weighted by atomic mass is 32.1. The number of carbonyl (C=O) groups is 1. The molecule has 7 heteroatoms. The molecule has 0 spiro atoms. The van der Waals surface area contributed by atoms with Gasteiger partial charge in [-0.3, -0.25) is 0 Å². The number of halogens is 1. The number of thiazole rings is 1.